The van der Waals surface area contributed by atoms with Crippen LogP contribution in [0.15, 0.2) is 60.8 Å². The predicted molar refractivity (Wildman–Crippen MR) is 97.8 cm³/mol. The summed E-state index contributed by atoms with van der Waals surface area (Å²) in [5.41, 5.74) is 3.61. The van der Waals surface area contributed by atoms with Gasteiger partial charge in [-0.3, -0.25) is 0 Å². The summed E-state index contributed by atoms with van der Waals surface area (Å²) < 4.78 is 12.9. The fourth-order valence-corrected chi connectivity index (χ4v) is 3.11. The minimum Gasteiger partial charge on any atom is -0.370 e. The molecule has 0 atom stereocenters. The Morgan fingerprint density at radius 1 is 1.04 bits per heavy atom. The van der Waals surface area contributed by atoms with Crippen molar-refractivity contribution in [2.75, 3.05) is 23.3 Å². The minimum atomic E-state index is -0.206. The maximum absolute atomic E-state index is 12.9. The molecule has 2 heterocycles. The van der Waals surface area contributed by atoms with Gasteiger partial charge in [-0.25, -0.2) is 9.37 Å². The first-order valence-electron chi connectivity index (χ1n) is 8.46. The summed E-state index contributed by atoms with van der Waals surface area (Å²) in [7, 11) is 0. The van der Waals surface area contributed by atoms with E-state index in [1.54, 1.807) is 6.20 Å². The Morgan fingerprint density at radius 2 is 1.88 bits per heavy atom. The molecule has 0 aliphatic carbocycles. The predicted octanol–water partition coefficient (Wildman–Crippen LogP) is 3.96. The standard InChI is InChI=1S/C20H19FN4/c21-17-7-5-15(6-8-17)9-12-22-19-10-13-23-20(24-19)25-14-11-16-3-1-2-4-18(16)25/h1-8,10,13H,9,11-12,14H2,(H,22,23,24). The lowest BCUT2D eigenvalue weighted by atomic mass is 10.1. The molecule has 3 aromatic rings. The van der Waals surface area contributed by atoms with Crippen molar-refractivity contribution >= 4 is 17.5 Å². The van der Waals surface area contributed by atoms with Gasteiger partial charge in [0.1, 0.15) is 11.6 Å². The van der Waals surface area contributed by atoms with Crippen molar-refractivity contribution in [1.82, 2.24) is 9.97 Å². The lowest BCUT2D eigenvalue weighted by Crippen LogP contribution is -2.17. The van der Waals surface area contributed by atoms with Crippen molar-refractivity contribution in [2.24, 2.45) is 0 Å². The summed E-state index contributed by atoms with van der Waals surface area (Å²) in [5.74, 6) is 1.32. The van der Waals surface area contributed by atoms with Crippen LogP contribution >= 0.6 is 0 Å². The van der Waals surface area contributed by atoms with E-state index in [9.17, 15) is 4.39 Å². The van der Waals surface area contributed by atoms with E-state index in [4.69, 9.17) is 0 Å². The van der Waals surface area contributed by atoms with Crippen LogP contribution in [-0.4, -0.2) is 23.1 Å². The normalized spacial score (nSPS) is 12.9. The Kier molecular flexibility index (Phi) is 4.29. The van der Waals surface area contributed by atoms with Gasteiger partial charge in [0.05, 0.1) is 0 Å². The number of anilines is 3. The van der Waals surface area contributed by atoms with Crippen molar-refractivity contribution < 1.29 is 4.39 Å². The van der Waals surface area contributed by atoms with Gasteiger partial charge < -0.3 is 10.2 Å². The molecule has 1 aliphatic rings. The van der Waals surface area contributed by atoms with Crippen molar-refractivity contribution in [1.29, 1.82) is 0 Å². The average Bonchev–Trinajstić information content (AvgIpc) is 3.08. The first-order valence-corrected chi connectivity index (χ1v) is 8.46. The van der Waals surface area contributed by atoms with E-state index in [2.05, 4.69) is 38.4 Å². The van der Waals surface area contributed by atoms with Crippen molar-refractivity contribution in [2.45, 2.75) is 12.8 Å². The molecule has 2 aromatic carbocycles. The molecular formula is C20H19FN4. The smallest absolute Gasteiger partial charge is 0.231 e. The third-order valence-corrected chi connectivity index (χ3v) is 4.40. The van der Waals surface area contributed by atoms with Crippen LogP contribution in [0.25, 0.3) is 0 Å². The van der Waals surface area contributed by atoms with Gasteiger partial charge in [-0.05, 0) is 48.2 Å². The summed E-state index contributed by atoms with van der Waals surface area (Å²) >= 11 is 0. The number of nitrogens with zero attached hydrogens (tertiary/aromatic N) is 3. The average molecular weight is 334 g/mol. The summed E-state index contributed by atoms with van der Waals surface area (Å²) in [4.78, 5) is 11.2. The second-order valence-electron chi connectivity index (χ2n) is 6.08. The Labute approximate surface area is 146 Å². The summed E-state index contributed by atoms with van der Waals surface area (Å²) in [5, 5.41) is 3.32. The van der Waals surface area contributed by atoms with Crippen molar-refractivity contribution in [3.05, 3.63) is 77.7 Å². The van der Waals surface area contributed by atoms with Crippen LogP contribution < -0.4 is 10.2 Å². The van der Waals surface area contributed by atoms with Gasteiger partial charge in [-0.2, -0.15) is 4.98 Å². The summed E-state index contributed by atoms with van der Waals surface area (Å²) in [6.07, 6.45) is 3.61. The Hall–Kier alpha value is -2.95. The van der Waals surface area contributed by atoms with E-state index in [-0.39, 0.29) is 5.82 Å². The zero-order chi connectivity index (χ0) is 17.1. The quantitative estimate of drug-likeness (QED) is 0.767. The number of para-hydroxylation sites is 1. The first kappa shape index (κ1) is 15.6. The lowest BCUT2D eigenvalue weighted by molar-refractivity contribution is 0.627. The molecule has 5 heteroatoms. The molecule has 0 unspecified atom stereocenters. The van der Waals surface area contributed by atoms with Crippen LogP contribution in [0.4, 0.5) is 21.8 Å². The monoisotopic (exact) mass is 334 g/mol. The zero-order valence-electron chi connectivity index (χ0n) is 13.8. The minimum absolute atomic E-state index is 0.206. The maximum atomic E-state index is 12.9. The highest BCUT2D eigenvalue weighted by Gasteiger charge is 2.21. The molecule has 0 saturated carbocycles. The van der Waals surface area contributed by atoms with Gasteiger partial charge >= 0.3 is 0 Å². The van der Waals surface area contributed by atoms with E-state index >= 15 is 0 Å². The molecule has 0 amide bonds. The highest BCUT2D eigenvalue weighted by molar-refractivity contribution is 5.66. The lowest BCUT2D eigenvalue weighted by Gasteiger charge is -2.17. The third kappa shape index (κ3) is 3.45. The number of rotatable bonds is 5. The Morgan fingerprint density at radius 3 is 2.76 bits per heavy atom. The molecule has 1 aliphatic heterocycles. The highest BCUT2D eigenvalue weighted by atomic mass is 19.1. The van der Waals surface area contributed by atoms with Crippen molar-refractivity contribution in [3.63, 3.8) is 0 Å². The molecule has 126 valence electrons. The number of hydrogen-bond acceptors (Lipinski definition) is 4. The molecule has 1 N–H and O–H groups in total. The second kappa shape index (κ2) is 6.89. The van der Waals surface area contributed by atoms with Gasteiger partial charge in [0.15, 0.2) is 0 Å². The molecule has 0 radical (unpaired) electrons. The van der Waals surface area contributed by atoms with Gasteiger partial charge in [-0.1, -0.05) is 30.3 Å². The first-order chi connectivity index (χ1) is 12.3. The highest BCUT2D eigenvalue weighted by Crippen LogP contribution is 2.32. The van der Waals surface area contributed by atoms with Crippen LogP contribution in [0.3, 0.4) is 0 Å². The van der Waals surface area contributed by atoms with E-state index in [0.717, 1.165) is 43.3 Å². The molecule has 0 spiro atoms. The molecular weight excluding hydrogens is 315 g/mol. The molecule has 1 aromatic heterocycles. The van der Waals surface area contributed by atoms with Gasteiger partial charge in [0.25, 0.3) is 0 Å². The molecule has 4 nitrogen and oxygen atoms in total. The van der Waals surface area contributed by atoms with Crippen LogP contribution in [-0.2, 0) is 12.8 Å². The van der Waals surface area contributed by atoms with Crippen LogP contribution in [0.5, 0.6) is 0 Å². The van der Waals surface area contributed by atoms with Gasteiger partial charge in [0, 0.05) is 25.0 Å². The SMILES string of the molecule is Fc1ccc(CCNc2ccnc(N3CCc4ccccc43)n2)cc1. The van der Waals surface area contributed by atoms with Crippen molar-refractivity contribution in [3.8, 4) is 0 Å². The molecule has 4 rings (SSSR count). The third-order valence-electron chi connectivity index (χ3n) is 4.40. The van der Waals surface area contributed by atoms with E-state index in [0.29, 0.717) is 0 Å². The van der Waals surface area contributed by atoms with Gasteiger partial charge in [-0.15, -0.1) is 0 Å². The molecule has 0 fully saturated rings. The Bertz CT molecular complexity index is 864. The van der Waals surface area contributed by atoms with Crippen LogP contribution in [0.2, 0.25) is 0 Å². The van der Waals surface area contributed by atoms with E-state index in [1.165, 1.54) is 23.4 Å². The summed E-state index contributed by atoms with van der Waals surface area (Å²) in [6, 6.07) is 16.8. The molecule has 0 bridgehead atoms. The fourth-order valence-electron chi connectivity index (χ4n) is 3.11. The van der Waals surface area contributed by atoms with Crippen LogP contribution in [0.1, 0.15) is 11.1 Å². The number of halogens is 1. The zero-order valence-corrected chi connectivity index (χ0v) is 13.8. The Balaban J connectivity index is 1.43. The number of fused-ring (bicyclic) bond motifs is 1. The van der Waals surface area contributed by atoms with E-state index in [1.807, 2.05) is 24.3 Å². The summed E-state index contributed by atoms with van der Waals surface area (Å²) in [6.45, 7) is 1.64. The largest absolute Gasteiger partial charge is 0.370 e. The van der Waals surface area contributed by atoms with Crippen LogP contribution in [0, 0.1) is 5.82 Å². The number of aromatic nitrogens is 2. The van der Waals surface area contributed by atoms with E-state index < -0.39 is 0 Å². The topological polar surface area (TPSA) is 41.1 Å². The number of benzene rings is 2. The fraction of sp³-hybridized carbons (Fsp3) is 0.200. The second-order valence-corrected chi connectivity index (χ2v) is 6.08. The number of hydrogen-bond donors (Lipinski definition) is 1. The number of nitrogens with one attached hydrogen (secondary N) is 1. The molecule has 0 saturated heterocycles. The van der Waals surface area contributed by atoms with Gasteiger partial charge in [0.2, 0.25) is 5.95 Å². The maximum Gasteiger partial charge on any atom is 0.231 e. The molecule has 25 heavy (non-hydrogen) atoms.